The van der Waals surface area contributed by atoms with E-state index in [0.29, 0.717) is 0 Å². The lowest BCUT2D eigenvalue weighted by Crippen LogP contribution is -2.14. The van der Waals surface area contributed by atoms with E-state index in [1.165, 1.54) is 69.5 Å². The molecule has 7 nitrogen and oxygen atoms in total. The molecular formula is C45H46N4O3. The zero-order valence-electron chi connectivity index (χ0n) is 31.9. The highest BCUT2D eigenvalue weighted by molar-refractivity contribution is 5.99. The van der Waals surface area contributed by atoms with E-state index in [2.05, 4.69) is 123 Å². The van der Waals surface area contributed by atoms with E-state index in [0.717, 1.165) is 69.4 Å². The number of fused-ring (bicyclic) bond motifs is 8. The smallest absolute Gasteiger partial charge is 0.177 e. The Hall–Kier alpha value is -5.69. The Bertz CT molecular complexity index is 2330. The van der Waals surface area contributed by atoms with Gasteiger partial charge in [-0.15, -0.1) is 0 Å². The van der Waals surface area contributed by atoms with Crippen molar-refractivity contribution in [1.82, 2.24) is 19.1 Å². The van der Waals surface area contributed by atoms with Crippen molar-refractivity contribution < 1.29 is 14.3 Å². The Morgan fingerprint density at radius 2 is 0.923 bits per heavy atom. The van der Waals surface area contributed by atoms with Crippen molar-refractivity contribution >= 4 is 27.9 Å². The monoisotopic (exact) mass is 690 g/mol. The minimum atomic E-state index is 0.167. The third-order valence-corrected chi connectivity index (χ3v) is 9.99. The van der Waals surface area contributed by atoms with Crippen LogP contribution in [0.1, 0.15) is 58.4 Å². The van der Waals surface area contributed by atoms with E-state index < -0.39 is 0 Å². The second-order valence-electron chi connectivity index (χ2n) is 14.4. The molecule has 0 N–H and O–H groups in total. The summed E-state index contributed by atoms with van der Waals surface area (Å²) < 4.78 is 16.0. The van der Waals surface area contributed by atoms with Crippen molar-refractivity contribution in [2.45, 2.75) is 68.5 Å². The fourth-order valence-electron chi connectivity index (χ4n) is 7.91. The predicted molar refractivity (Wildman–Crippen MR) is 212 cm³/mol. The number of nitrogens with zero attached hydrogens (tertiary/aromatic N) is 4. The zero-order chi connectivity index (χ0) is 37.0. The topological polar surface area (TPSA) is 71.2 Å². The molecule has 264 valence electrons. The second kappa shape index (κ2) is 13.5. The summed E-state index contributed by atoms with van der Waals surface area (Å²) in [4.78, 5) is 20.5. The molecule has 1 aliphatic rings. The lowest BCUT2D eigenvalue weighted by molar-refractivity contribution is -0.115. The quantitative estimate of drug-likeness (QED) is 0.184. The molecule has 7 heteroatoms. The summed E-state index contributed by atoms with van der Waals surface area (Å²) in [6.07, 6.45) is 0. The number of rotatable bonds is 4. The number of carbonyl (C=O) groups is 1. The molecular weight excluding hydrogens is 645 g/mol. The van der Waals surface area contributed by atoms with Gasteiger partial charge in [-0.05, 0) is 160 Å². The molecule has 0 atom stereocenters. The van der Waals surface area contributed by atoms with Crippen LogP contribution in [0.5, 0.6) is 11.5 Å². The number of Topliss-reactive ketones (excluding diaryl/α,β-unsaturated/α-hetero) is 1. The number of methoxy groups -OCH3 is 2. The first-order valence-electron chi connectivity index (χ1n) is 17.8. The van der Waals surface area contributed by atoms with E-state index in [1.54, 1.807) is 14.2 Å². The fourth-order valence-corrected chi connectivity index (χ4v) is 7.91. The average Bonchev–Trinajstić information content (AvgIpc) is 3.60. The van der Waals surface area contributed by atoms with Gasteiger partial charge in [-0.3, -0.25) is 0 Å². The molecule has 0 bridgehead atoms. The lowest BCUT2D eigenvalue weighted by atomic mass is 9.93. The number of ether oxygens (including phenoxy) is 2. The Morgan fingerprint density at radius 1 is 0.577 bits per heavy atom. The summed E-state index contributed by atoms with van der Waals surface area (Å²) in [7, 11) is 3.45. The number of aryl methyl sites for hydroxylation is 6. The summed E-state index contributed by atoms with van der Waals surface area (Å²) in [5.41, 5.74) is 18.5. The van der Waals surface area contributed by atoms with Crippen LogP contribution >= 0.6 is 0 Å². The highest BCUT2D eigenvalue weighted by Crippen LogP contribution is 2.42. The van der Waals surface area contributed by atoms with Gasteiger partial charge in [-0.25, -0.2) is 9.97 Å². The van der Waals surface area contributed by atoms with E-state index >= 15 is 0 Å². The number of hydrogen-bond donors (Lipinski definition) is 0. The van der Waals surface area contributed by atoms with Gasteiger partial charge in [0.05, 0.1) is 49.4 Å². The van der Waals surface area contributed by atoms with Crippen LogP contribution in [0.15, 0.2) is 72.8 Å². The molecule has 0 saturated heterocycles. The maximum absolute atomic E-state index is 9.44. The van der Waals surface area contributed by atoms with Crippen LogP contribution in [-0.2, 0) is 17.9 Å². The van der Waals surface area contributed by atoms with Crippen LogP contribution in [0.2, 0.25) is 0 Å². The number of imidazole rings is 2. The van der Waals surface area contributed by atoms with Gasteiger partial charge in [0, 0.05) is 11.1 Å². The third kappa shape index (κ3) is 6.04. The Balaban J connectivity index is 0.00000100. The summed E-state index contributed by atoms with van der Waals surface area (Å²) in [5, 5.41) is 0. The molecule has 0 amide bonds. The Labute approximate surface area is 305 Å². The number of ketones is 1. The minimum Gasteiger partial charge on any atom is -0.497 e. The average molecular weight is 691 g/mol. The molecule has 0 fully saturated rings. The lowest BCUT2D eigenvalue weighted by Gasteiger charge is -2.19. The zero-order valence-corrected chi connectivity index (χ0v) is 31.9. The van der Waals surface area contributed by atoms with Gasteiger partial charge >= 0.3 is 0 Å². The largest absolute Gasteiger partial charge is 0.497 e. The molecule has 0 aliphatic carbocycles. The number of benzene rings is 5. The summed E-state index contributed by atoms with van der Waals surface area (Å²) in [6.45, 7) is 17.5. The first-order valence-corrected chi connectivity index (χ1v) is 17.8. The van der Waals surface area contributed by atoms with Crippen LogP contribution < -0.4 is 9.47 Å². The van der Waals surface area contributed by atoms with Crippen molar-refractivity contribution in [2.75, 3.05) is 14.2 Å². The Morgan fingerprint density at radius 3 is 1.25 bits per heavy atom. The van der Waals surface area contributed by atoms with Gasteiger partial charge < -0.3 is 23.4 Å². The van der Waals surface area contributed by atoms with Gasteiger partial charge in [-0.2, -0.15) is 0 Å². The van der Waals surface area contributed by atoms with E-state index in [9.17, 15) is 4.79 Å². The van der Waals surface area contributed by atoms with Gasteiger partial charge in [0.2, 0.25) is 0 Å². The highest BCUT2D eigenvalue weighted by atomic mass is 16.5. The normalized spacial score (nSPS) is 12.0. The van der Waals surface area contributed by atoms with Crippen LogP contribution in [0.25, 0.3) is 56.0 Å². The molecule has 0 radical (unpaired) electrons. The highest BCUT2D eigenvalue weighted by Gasteiger charge is 2.27. The summed E-state index contributed by atoms with van der Waals surface area (Å²) in [5.74, 6) is 3.68. The van der Waals surface area contributed by atoms with Gasteiger partial charge in [0.25, 0.3) is 0 Å². The molecule has 0 spiro atoms. The maximum Gasteiger partial charge on any atom is 0.177 e. The van der Waals surface area contributed by atoms with Gasteiger partial charge in [-0.1, -0.05) is 24.3 Å². The molecule has 2 aromatic heterocycles. The van der Waals surface area contributed by atoms with Crippen LogP contribution in [0.4, 0.5) is 0 Å². The number of hydrogen-bond acceptors (Lipinski definition) is 5. The van der Waals surface area contributed by atoms with Crippen LogP contribution in [0, 0.1) is 41.5 Å². The summed E-state index contributed by atoms with van der Waals surface area (Å²) in [6, 6.07) is 26.4. The van der Waals surface area contributed by atoms with Crippen molar-refractivity contribution in [3.05, 3.63) is 117 Å². The predicted octanol–water partition coefficient (Wildman–Crippen LogP) is 10.3. The van der Waals surface area contributed by atoms with Crippen molar-refractivity contribution in [3.8, 4) is 45.4 Å². The van der Waals surface area contributed by atoms with Gasteiger partial charge in [0.1, 0.15) is 17.3 Å². The minimum absolute atomic E-state index is 0.167. The van der Waals surface area contributed by atoms with Crippen molar-refractivity contribution in [3.63, 3.8) is 0 Å². The molecule has 3 heterocycles. The summed E-state index contributed by atoms with van der Waals surface area (Å²) >= 11 is 0. The molecule has 52 heavy (non-hydrogen) atoms. The van der Waals surface area contributed by atoms with E-state index in [-0.39, 0.29) is 5.78 Å². The van der Waals surface area contributed by atoms with Crippen molar-refractivity contribution in [2.24, 2.45) is 0 Å². The maximum atomic E-state index is 9.44. The van der Waals surface area contributed by atoms with Crippen LogP contribution in [0.3, 0.4) is 0 Å². The van der Waals surface area contributed by atoms with Gasteiger partial charge in [0.15, 0.2) is 11.6 Å². The molecule has 8 rings (SSSR count). The number of aromatic nitrogens is 4. The van der Waals surface area contributed by atoms with E-state index in [1.807, 2.05) is 0 Å². The van der Waals surface area contributed by atoms with Crippen LogP contribution in [-0.4, -0.2) is 39.1 Å². The second-order valence-corrected chi connectivity index (χ2v) is 14.4. The SMILES string of the molecule is CC(C)=O.COc1cc(C)c(-c2cc(C)cc3c2nc2n3Cc3ccccc3Cn3c-2nc2c(-c4c(C)cc(OC)cc4C)cc(C)cc23)c(C)c1. The first kappa shape index (κ1) is 34.7. The molecule has 1 aliphatic heterocycles. The molecule has 0 saturated carbocycles. The standard InChI is InChI=1S/C42H40N4O2.C3H6O/c1-23-13-33(37-25(3)17-31(47-7)18-26(37)4)39-35(15-23)45-21-29-11-9-10-12-30(29)22-46-36-16-24(2)14-34(40(36)44-42(46)41(45)43-39)38-27(5)19-32(48-8)20-28(38)6;1-3(2)4/h9-20H,21-22H2,1-8H3;1-2H3. The van der Waals surface area contributed by atoms with E-state index in [4.69, 9.17) is 19.4 Å². The Kier molecular flexibility index (Phi) is 8.99. The molecule has 7 aromatic rings. The number of carbonyl (C=O) groups excluding carboxylic acids is 1. The van der Waals surface area contributed by atoms with Crippen molar-refractivity contribution in [1.29, 1.82) is 0 Å². The fraction of sp³-hybridized carbons (Fsp3) is 0.267. The third-order valence-electron chi connectivity index (χ3n) is 9.99. The molecule has 5 aromatic carbocycles. The molecule has 0 unspecified atom stereocenters. The first-order chi connectivity index (χ1) is 24.9.